The van der Waals surface area contributed by atoms with Gasteiger partial charge in [-0.3, -0.25) is 9.59 Å². The number of amides is 1. The molecular formula is C41H74N4O3. The zero-order valence-electron chi connectivity index (χ0n) is 31.7. The standard InChI is InChI=1S/C41H74N4O3/c1-30(2)11-8-12-31(3)35-15-16-36-34-14-13-32-29-33(19-21-40(32,4)37(34)20-22-41(35,36)5)48-39(47)18-17-38(46)45(28-10-24-43)27-7-6-25-44-26-9-23-42/h13,30-31,33-37,44H,6-12,14-29,42-43H2,1-5H3/t31?,33-,34-,35+,36-,37-,40-,41+/m0/s1. The second kappa shape index (κ2) is 18.7. The van der Waals surface area contributed by atoms with Crippen LogP contribution in [-0.2, 0) is 14.3 Å². The number of hydrogen-bond donors (Lipinski definition) is 3. The summed E-state index contributed by atoms with van der Waals surface area (Å²) >= 11 is 0. The molecular weight excluding hydrogens is 596 g/mol. The van der Waals surface area contributed by atoms with Crippen LogP contribution in [0.15, 0.2) is 11.6 Å². The molecule has 8 atom stereocenters. The first-order valence-corrected chi connectivity index (χ1v) is 20.3. The molecule has 48 heavy (non-hydrogen) atoms. The molecule has 5 N–H and O–H groups in total. The van der Waals surface area contributed by atoms with E-state index in [4.69, 9.17) is 16.2 Å². The highest BCUT2D eigenvalue weighted by Crippen LogP contribution is 2.67. The lowest BCUT2D eigenvalue weighted by atomic mass is 9.47. The van der Waals surface area contributed by atoms with Crippen LogP contribution in [-0.4, -0.2) is 62.1 Å². The summed E-state index contributed by atoms with van der Waals surface area (Å²) in [5.74, 6) is 4.80. The molecule has 0 aliphatic heterocycles. The zero-order chi connectivity index (χ0) is 34.7. The lowest BCUT2D eigenvalue weighted by molar-refractivity contribution is -0.153. The molecule has 0 aromatic rings. The van der Waals surface area contributed by atoms with E-state index in [9.17, 15) is 9.59 Å². The first-order chi connectivity index (χ1) is 23.0. The molecule has 1 amide bonds. The highest BCUT2D eigenvalue weighted by atomic mass is 16.5. The molecule has 7 heteroatoms. The fourth-order valence-corrected chi connectivity index (χ4v) is 10.9. The number of unbranched alkanes of at least 4 members (excludes halogenated alkanes) is 1. The fourth-order valence-electron chi connectivity index (χ4n) is 10.9. The Morgan fingerprint density at radius 1 is 0.896 bits per heavy atom. The van der Waals surface area contributed by atoms with Gasteiger partial charge in [-0.25, -0.2) is 0 Å². The van der Waals surface area contributed by atoms with Crippen molar-refractivity contribution in [2.45, 2.75) is 150 Å². The molecule has 0 aromatic carbocycles. The number of fused-ring (bicyclic) bond motifs is 5. The third kappa shape index (κ3) is 9.87. The Morgan fingerprint density at radius 2 is 1.65 bits per heavy atom. The Kier molecular flexibility index (Phi) is 15.3. The minimum absolute atomic E-state index is 0.0390. The minimum Gasteiger partial charge on any atom is -0.462 e. The highest BCUT2D eigenvalue weighted by molar-refractivity contribution is 5.81. The van der Waals surface area contributed by atoms with Gasteiger partial charge >= 0.3 is 5.97 Å². The van der Waals surface area contributed by atoms with Gasteiger partial charge < -0.3 is 26.4 Å². The van der Waals surface area contributed by atoms with Crippen molar-refractivity contribution in [2.75, 3.05) is 39.3 Å². The van der Waals surface area contributed by atoms with Crippen molar-refractivity contribution in [3.63, 3.8) is 0 Å². The van der Waals surface area contributed by atoms with Crippen LogP contribution in [0, 0.1) is 46.3 Å². The van der Waals surface area contributed by atoms with E-state index in [0.717, 1.165) is 93.5 Å². The molecule has 0 spiro atoms. The van der Waals surface area contributed by atoms with E-state index < -0.39 is 0 Å². The first-order valence-electron chi connectivity index (χ1n) is 20.3. The van der Waals surface area contributed by atoms with Crippen molar-refractivity contribution < 1.29 is 14.3 Å². The third-order valence-corrected chi connectivity index (χ3v) is 13.7. The van der Waals surface area contributed by atoms with Crippen molar-refractivity contribution in [3.8, 4) is 0 Å². The van der Waals surface area contributed by atoms with E-state index in [1.54, 1.807) is 5.57 Å². The van der Waals surface area contributed by atoms with Crippen LogP contribution in [0.3, 0.4) is 0 Å². The zero-order valence-corrected chi connectivity index (χ0v) is 31.7. The van der Waals surface area contributed by atoms with Gasteiger partial charge in [-0.15, -0.1) is 0 Å². The average molecular weight is 671 g/mol. The predicted molar refractivity (Wildman–Crippen MR) is 198 cm³/mol. The number of esters is 1. The molecule has 0 saturated heterocycles. The van der Waals surface area contributed by atoms with E-state index in [-0.39, 0.29) is 36.2 Å². The van der Waals surface area contributed by atoms with Crippen LogP contribution in [0.1, 0.15) is 144 Å². The van der Waals surface area contributed by atoms with Gasteiger partial charge in [0.15, 0.2) is 0 Å². The maximum absolute atomic E-state index is 13.1. The molecule has 0 radical (unpaired) electrons. The van der Waals surface area contributed by atoms with Crippen molar-refractivity contribution in [2.24, 2.45) is 57.8 Å². The van der Waals surface area contributed by atoms with E-state index >= 15 is 0 Å². The van der Waals surface area contributed by atoms with Gasteiger partial charge in [0.25, 0.3) is 0 Å². The molecule has 0 bridgehead atoms. The molecule has 3 saturated carbocycles. The van der Waals surface area contributed by atoms with Gasteiger partial charge in [0.2, 0.25) is 5.91 Å². The quantitative estimate of drug-likeness (QED) is 0.0699. The summed E-state index contributed by atoms with van der Waals surface area (Å²) in [6.45, 7) is 17.0. The van der Waals surface area contributed by atoms with Crippen LogP contribution in [0.5, 0.6) is 0 Å². The van der Waals surface area contributed by atoms with Gasteiger partial charge in [0.05, 0.1) is 6.42 Å². The van der Waals surface area contributed by atoms with Crippen LogP contribution < -0.4 is 16.8 Å². The molecule has 3 fully saturated rings. The van der Waals surface area contributed by atoms with Crippen molar-refractivity contribution >= 4 is 11.9 Å². The molecule has 4 rings (SSSR count). The number of hydrogen-bond acceptors (Lipinski definition) is 6. The maximum atomic E-state index is 13.1. The summed E-state index contributed by atoms with van der Waals surface area (Å²) in [6, 6.07) is 0. The summed E-state index contributed by atoms with van der Waals surface area (Å²) in [6.07, 6.45) is 20.5. The van der Waals surface area contributed by atoms with E-state index in [1.165, 1.54) is 51.4 Å². The number of allylic oxidation sites excluding steroid dienone is 1. The Balaban J connectivity index is 1.25. The van der Waals surface area contributed by atoms with E-state index in [2.05, 4.69) is 46.0 Å². The van der Waals surface area contributed by atoms with Crippen molar-refractivity contribution in [1.29, 1.82) is 0 Å². The molecule has 4 aliphatic rings. The van der Waals surface area contributed by atoms with Gasteiger partial charge in [0, 0.05) is 25.9 Å². The number of nitrogens with one attached hydrogen (secondary N) is 1. The number of nitrogens with zero attached hydrogens (tertiary/aromatic N) is 1. The molecule has 0 heterocycles. The SMILES string of the molecule is CC(C)CCCC(C)[C@H]1CC[C@H]2[C@@H]3CC=C4C[C@@H](OC(=O)CCC(=O)N(CCCN)CCCCNCCCN)CC[C@]4(C)[C@H]3CC[C@]12C. The molecule has 1 unspecified atom stereocenters. The number of carbonyl (C=O) groups excluding carboxylic acids is 2. The summed E-state index contributed by atoms with van der Waals surface area (Å²) in [4.78, 5) is 28.0. The second-order valence-corrected chi connectivity index (χ2v) is 17.3. The van der Waals surface area contributed by atoms with Gasteiger partial charge in [-0.05, 0) is 143 Å². The second-order valence-electron chi connectivity index (χ2n) is 17.3. The van der Waals surface area contributed by atoms with E-state index in [1.807, 2.05) is 4.90 Å². The molecule has 4 aliphatic carbocycles. The summed E-state index contributed by atoms with van der Waals surface area (Å²) in [5, 5.41) is 3.40. The van der Waals surface area contributed by atoms with Crippen molar-refractivity contribution in [1.82, 2.24) is 10.2 Å². The normalized spacial score (nSPS) is 31.8. The maximum Gasteiger partial charge on any atom is 0.306 e. The van der Waals surface area contributed by atoms with Gasteiger partial charge in [0.1, 0.15) is 6.10 Å². The minimum atomic E-state index is -0.220. The highest BCUT2D eigenvalue weighted by Gasteiger charge is 2.59. The topological polar surface area (TPSA) is 111 Å². The third-order valence-electron chi connectivity index (χ3n) is 13.7. The molecule has 7 nitrogen and oxygen atoms in total. The lowest BCUT2D eigenvalue weighted by Crippen LogP contribution is -2.51. The largest absolute Gasteiger partial charge is 0.462 e. The lowest BCUT2D eigenvalue weighted by Gasteiger charge is -2.58. The number of rotatable bonds is 20. The molecule has 0 aromatic heterocycles. The van der Waals surface area contributed by atoms with Crippen LogP contribution >= 0.6 is 0 Å². The number of carbonyl (C=O) groups is 2. The van der Waals surface area contributed by atoms with Gasteiger partial charge in [-0.1, -0.05) is 65.5 Å². The monoisotopic (exact) mass is 671 g/mol. The number of ether oxygens (including phenoxy) is 1. The van der Waals surface area contributed by atoms with Crippen molar-refractivity contribution in [3.05, 3.63) is 11.6 Å². The van der Waals surface area contributed by atoms with Crippen LogP contribution in [0.25, 0.3) is 0 Å². The average Bonchev–Trinajstić information content (AvgIpc) is 3.42. The fraction of sp³-hybridized carbons (Fsp3) is 0.902. The Bertz CT molecular complexity index is 1050. The summed E-state index contributed by atoms with van der Waals surface area (Å²) in [7, 11) is 0. The molecule has 276 valence electrons. The van der Waals surface area contributed by atoms with Crippen LogP contribution in [0.2, 0.25) is 0 Å². The Morgan fingerprint density at radius 3 is 2.40 bits per heavy atom. The number of nitrogens with two attached hydrogens (primary N) is 2. The first kappa shape index (κ1) is 39.3. The Hall–Kier alpha value is -1.44. The summed E-state index contributed by atoms with van der Waals surface area (Å²) in [5.41, 5.74) is 13.6. The Labute approximate surface area is 294 Å². The van der Waals surface area contributed by atoms with E-state index in [0.29, 0.717) is 31.6 Å². The van der Waals surface area contributed by atoms with Gasteiger partial charge in [-0.2, -0.15) is 0 Å². The predicted octanol–water partition coefficient (Wildman–Crippen LogP) is 7.62. The smallest absolute Gasteiger partial charge is 0.306 e. The summed E-state index contributed by atoms with van der Waals surface area (Å²) < 4.78 is 6.06. The van der Waals surface area contributed by atoms with Crippen LogP contribution in [0.4, 0.5) is 0 Å².